The number of ether oxygens (including phenoxy) is 1. The molecule has 8 nitrogen and oxygen atoms in total. The number of hydrogen-bond acceptors (Lipinski definition) is 6. The Morgan fingerprint density at radius 3 is 2.60 bits per heavy atom. The van der Waals surface area contributed by atoms with Gasteiger partial charge in [-0.1, -0.05) is 18.2 Å². The van der Waals surface area contributed by atoms with E-state index < -0.39 is 29.7 Å². The van der Waals surface area contributed by atoms with Crippen molar-refractivity contribution in [2.75, 3.05) is 12.4 Å². The van der Waals surface area contributed by atoms with Gasteiger partial charge in [0, 0.05) is 18.2 Å². The van der Waals surface area contributed by atoms with E-state index in [0.717, 1.165) is 16.2 Å². The molecule has 30 heavy (non-hydrogen) atoms. The Balaban J connectivity index is 1.63. The molecule has 2 heterocycles. The first kappa shape index (κ1) is 19.6. The third-order valence-electron chi connectivity index (χ3n) is 5.43. The summed E-state index contributed by atoms with van der Waals surface area (Å²) < 4.78 is 5.26. The molecule has 1 unspecified atom stereocenters. The summed E-state index contributed by atoms with van der Waals surface area (Å²) in [5, 5.41) is 5.49. The van der Waals surface area contributed by atoms with E-state index >= 15 is 0 Å². The number of amides is 4. The molecule has 1 saturated heterocycles. The SMILES string of the molecule is COc1cccc([C@H](C)Nc2cccc3c2C(=O)N(C2CCC(=O)NC2=O)C3=O)c1. The van der Waals surface area contributed by atoms with Gasteiger partial charge in [0.15, 0.2) is 0 Å². The zero-order valence-corrected chi connectivity index (χ0v) is 16.6. The van der Waals surface area contributed by atoms with Crippen molar-refractivity contribution in [2.45, 2.75) is 31.8 Å². The summed E-state index contributed by atoms with van der Waals surface area (Å²) >= 11 is 0. The van der Waals surface area contributed by atoms with Gasteiger partial charge in [0.25, 0.3) is 11.8 Å². The third-order valence-corrected chi connectivity index (χ3v) is 5.43. The number of methoxy groups -OCH3 is 1. The Morgan fingerprint density at radius 2 is 1.87 bits per heavy atom. The number of carbonyl (C=O) groups is 4. The minimum atomic E-state index is -0.987. The van der Waals surface area contributed by atoms with Crippen molar-refractivity contribution < 1.29 is 23.9 Å². The molecule has 2 atom stereocenters. The van der Waals surface area contributed by atoms with E-state index in [2.05, 4.69) is 10.6 Å². The highest BCUT2D eigenvalue weighted by molar-refractivity contribution is 6.25. The molecule has 2 aliphatic heterocycles. The molecule has 0 aliphatic carbocycles. The molecule has 0 spiro atoms. The van der Waals surface area contributed by atoms with Gasteiger partial charge in [0.05, 0.1) is 18.2 Å². The first-order valence-electron chi connectivity index (χ1n) is 9.65. The number of nitrogens with zero attached hydrogens (tertiary/aromatic N) is 1. The Morgan fingerprint density at radius 1 is 1.10 bits per heavy atom. The van der Waals surface area contributed by atoms with Crippen molar-refractivity contribution in [1.29, 1.82) is 0 Å². The molecule has 2 aromatic carbocycles. The van der Waals surface area contributed by atoms with Crippen molar-refractivity contribution in [1.82, 2.24) is 10.2 Å². The molecular weight excluding hydrogens is 386 g/mol. The normalized spacial score (nSPS) is 19.4. The minimum absolute atomic E-state index is 0.0851. The van der Waals surface area contributed by atoms with Crippen LogP contribution in [0.3, 0.4) is 0 Å². The summed E-state index contributed by atoms with van der Waals surface area (Å²) in [4.78, 5) is 50.7. The molecular formula is C22H21N3O5. The quantitative estimate of drug-likeness (QED) is 0.737. The number of carbonyl (C=O) groups excluding carboxylic acids is 4. The summed E-state index contributed by atoms with van der Waals surface area (Å²) in [7, 11) is 1.59. The Bertz CT molecular complexity index is 1060. The number of anilines is 1. The highest BCUT2D eigenvalue weighted by Gasteiger charge is 2.45. The average molecular weight is 407 g/mol. The van der Waals surface area contributed by atoms with E-state index in [0.29, 0.717) is 5.69 Å². The van der Waals surface area contributed by atoms with Crippen molar-refractivity contribution >= 4 is 29.3 Å². The van der Waals surface area contributed by atoms with Crippen LogP contribution in [0.4, 0.5) is 5.69 Å². The predicted molar refractivity (Wildman–Crippen MR) is 108 cm³/mol. The number of nitrogens with one attached hydrogen (secondary N) is 2. The summed E-state index contributed by atoms with van der Waals surface area (Å²) in [6.07, 6.45) is 0.209. The van der Waals surface area contributed by atoms with Crippen molar-refractivity contribution in [3.05, 3.63) is 59.2 Å². The Hall–Kier alpha value is -3.68. The smallest absolute Gasteiger partial charge is 0.264 e. The number of piperidine rings is 1. The van der Waals surface area contributed by atoms with Gasteiger partial charge in [0.1, 0.15) is 11.8 Å². The molecule has 0 bridgehead atoms. The van der Waals surface area contributed by atoms with Gasteiger partial charge in [-0.25, -0.2) is 0 Å². The van der Waals surface area contributed by atoms with E-state index in [4.69, 9.17) is 4.74 Å². The van der Waals surface area contributed by atoms with Gasteiger partial charge in [-0.05, 0) is 43.2 Å². The number of benzene rings is 2. The summed E-state index contributed by atoms with van der Waals surface area (Å²) in [6.45, 7) is 1.94. The molecule has 1 fully saturated rings. The molecule has 8 heteroatoms. The predicted octanol–water partition coefficient (Wildman–Crippen LogP) is 2.27. The molecule has 0 saturated carbocycles. The fourth-order valence-electron chi connectivity index (χ4n) is 3.86. The highest BCUT2D eigenvalue weighted by Crippen LogP contribution is 2.34. The largest absolute Gasteiger partial charge is 0.497 e. The Kier molecular flexibility index (Phi) is 4.99. The number of fused-ring (bicyclic) bond motifs is 1. The minimum Gasteiger partial charge on any atom is -0.497 e. The standard InChI is InChI=1S/C22H21N3O5/c1-12(13-5-3-6-14(11-13)30-2)23-16-8-4-7-15-19(16)22(29)25(21(15)28)17-9-10-18(26)24-20(17)27/h3-8,11-12,17,23H,9-10H2,1-2H3,(H,24,26,27)/t12-,17?/m0/s1. The van der Waals surface area contributed by atoms with Crippen LogP contribution in [0.1, 0.15) is 52.1 Å². The number of rotatable bonds is 5. The van der Waals surface area contributed by atoms with Crippen LogP contribution in [0.25, 0.3) is 0 Å². The van der Waals surface area contributed by atoms with E-state index in [1.807, 2.05) is 31.2 Å². The fraction of sp³-hybridized carbons (Fsp3) is 0.273. The molecule has 2 aliphatic rings. The van der Waals surface area contributed by atoms with Crippen LogP contribution in [0.2, 0.25) is 0 Å². The molecule has 0 aromatic heterocycles. The lowest BCUT2D eigenvalue weighted by molar-refractivity contribution is -0.136. The van der Waals surface area contributed by atoms with Crippen molar-refractivity contribution in [2.24, 2.45) is 0 Å². The lowest BCUT2D eigenvalue weighted by atomic mass is 10.0. The molecule has 2 N–H and O–H groups in total. The van der Waals surface area contributed by atoms with Gasteiger partial charge in [-0.15, -0.1) is 0 Å². The topological polar surface area (TPSA) is 105 Å². The molecule has 2 aromatic rings. The lowest BCUT2D eigenvalue weighted by Gasteiger charge is -2.28. The number of hydrogen-bond donors (Lipinski definition) is 2. The first-order valence-corrected chi connectivity index (χ1v) is 9.65. The second kappa shape index (κ2) is 7.62. The van der Waals surface area contributed by atoms with E-state index in [9.17, 15) is 19.2 Å². The maximum Gasteiger partial charge on any atom is 0.264 e. The summed E-state index contributed by atoms with van der Waals surface area (Å²) in [5.41, 5.74) is 1.94. The van der Waals surface area contributed by atoms with Crippen molar-refractivity contribution in [3.63, 3.8) is 0 Å². The van der Waals surface area contributed by atoms with Crippen molar-refractivity contribution in [3.8, 4) is 5.75 Å². The highest BCUT2D eigenvalue weighted by atomic mass is 16.5. The first-order chi connectivity index (χ1) is 14.4. The van der Waals surface area contributed by atoms with E-state index in [1.165, 1.54) is 0 Å². The summed E-state index contributed by atoms with van der Waals surface area (Å²) in [5.74, 6) is -1.37. The van der Waals surface area contributed by atoms with Gasteiger partial charge in [0.2, 0.25) is 11.8 Å². The van der Waals surface area contributed by atoms with Crippen LogP contribution in [-0.4, -0.2) is 41.7 Å². The molecule has 0 radical (unpaired) electrons. The zero-order valence-electron chi connectivity index (χ0n) is 16.6. The fourth-order valence-corrected chi connectivity index (χ4v) is 3.86. The average Bonchev–Trinajstić information content (AvgIpc) is 2.99. The second-order valence-electron chi connectivity index (χ2n) is 7.32. The third kappa shape index (κ3) is 3.30. The summed E-state index contributed by atoms with van der Waals surface area (Å²) in [6, 6.07) is 11.4. The second-order valence-corrected chi connectivity index (χ2v) is 7.32. The van der Waals surface area contributed by atoms with Crippen LogP contribution in [-0.2, 0) is 9.59 Å². The van der Waals surface area contributed by atoms with Gasteiger partial charge >= 0.3 is 0 Å². The van der Waals surface area contributed by atoms with E-state index in [1.54, 1.807) is 25.3 Å². The molecule has 4 rings (SSSR count). The van der Waals surface area contributed by atoms with Gasteiger partial charge in [-0.3, -0.25) is 29.4 Å². The number of imide groups is 2. The van der Waals surface area contributed by atoms with Crippen LogP contribution in [0.5, 0.6) is 5.75 Å². The zero-order chi connectivity index (χ0) is 21.4. The maximum atomic E-state index is 13.2. The van der Waals surface area contributed by atoms with Crippen LogP contribution in [0, 0.1) is 0 Å². The Labute approximate surface area is 173 Å². The van der Waals surface area contributed by atoms with E-state index in [-0.39, 0.29) is 30.0 Å². The van der Waals surface area contributed by atoms with Crippen LogP contribution in [0.15, 0.2) is 42.5 Å². The van der Waals surface area contributed by atoms with Crippen LogP contribution >= 0.6 is 0 Å². The van der Waals surface area contributed by atoms with Gasteiger partial charge < -0.3 is 10.1 Å². The van der Waals surface area contributed by atoms with Gasteiger partial charge in [-0.2, -0.15) is 0 Å². The maximum absolute atomic E-state index is 13.2. The van der Waals surface area contributed by atoms with Crippen LogP contribution < -0.4 is 15.4 Å². The monoisotopic (exact) mass is 407 g/mol. The molecule has 154 valence electrons. The lowest BCUT2D eigenvalue weighted by Crippen LogP contribution is -2.54. The molecule has 4 amide bonds.